The standard InChI is InChI=1S/C31H41N3O4/c1-22-11-12-23(2)27(21-22)34(29(36)18-17-28(35)33-19-7-8-20-33)30(24-13-15-26(38-3)16-14-24)31(37)32-25-9-5-4-6-10-25/h11-16,21,25,30H,4-10,17-20H2,1-3H3,(H,32,37)/t30-/m1/s1. The second-order valence-electron chi connectivity index (χ2n) is 10.7. The van der Waals surface area contributed by atoms with Gasteiger partial charge in [-0.1, -0.05) is 43.5 Å². The third-order valence-electron chi connectivity index (χ3n) is 7.79. The number of aryl methyl sites for hydroxylation is 2. The maximum Gasteiger partial charge on any atom is 0.248 e. The van der Waals surface area contributed by atoms with Gasteiger partial charge in [-0.3, -0.25) is 19.3 Å². The Morgan fingerprint density at radius 3 is 2.29 bits per heavy atom. The monoisotopic (exact) mass is 519 g/mol. The van der Waals surface area contributed by atoms with E-state index in [0.29, 0.717) is 17.0 Å². The minimum atomic E-state index is -0.863. The number of rotatable bonds is 9. The Labute approximate surface area is 226 Å². The molecule has 2 fully saturated rings. The van der Waals surface area contributed by atoms with Crippen molar-refractivity contribution in [3.8, 4) is 5.75 Å². The van der Waals surface area contributed by atoms with Crippen LogP contribution in [0.25, 0.3) is 0 Å². The molecule has 1 N–H and O–H groups in total. The molecule has 2 aromatic carbocycles. The van der Waals surface area contributed by atoms with Gasteiger partial charge in [-0.05, 0) is 74.4 Å². The van der Waals surface area contributed by atoms with Crippen molar-refractivity contribution in [2.75, 3.05) is 25.1 Å². The van der Waals surface area contributed by atoms with Crippen LogP contribution in [-0.2, 0) is 14.4 Å². The summed E-state index contributed by atoms with van der Waals surface area (Å²) in [6, 6.07) is 12.5. The smallest absolute Gasteiger partial charge is 0.248 e. The maximum absolute atomic E-state index is 14.0. The molecular weight excluding hydrogens is 478 g/mol. The van der Waals surface area contributed by atoms with Gasteiger partial charge in [0.1, 0.15) is 11.8 Å². The fourth-order valence-electron chi connectivity index (χ4n) is 5.59. The zero-order chi connectivity index (χ0) is 27.1. The predicted molar refractivity (Wildman–Crippen MR) is 149 cm³/mol. The number of benzene rings is 2. The third-order valence-corrected chi connectivity index (χ3v) is 7.79. The number of nitrogens with zero attached hydrogens (tertiary/aromatic N) is 2. The van der Waals surface area contributed by atoms with E-state index in [-0.39, 0.29) is 36.6 Å². The number of carbonyl (C=O) groups is 3. The van der Waals surface area contributed by atoms with Crippen LogP contribution in [0, 0.1) is 13.8 Å². The van der Waals surface area contributed by atoms with Gasteiger partial charge in [0.2, 0.25) is 17.7 Å². The van der Waals surface area contributed by atoms with E-state index in [4.69, 9.17) is 4.74 Å². The summed E-state index contributed by atoms with van der Waals surface area (Å²) < 4.78 is 5.35. The van der Waals surface area contributed by atoms with Gasteiger partial charge in [-0.15, -0.1) is 0 Å². The highest BCUT2D eigenvalue weighted by Gasteiger charge is 2.35. The second kappa shape index (κ2) is 12.9. The first-order chi connectivity index (χ1) is 18.4. The SMILES string of the molecule is COc1ccc([C@H](C(=O)NC2CCCCC2)N(C(=O)CCC(=O)N2CCCC2)c2cc(C)ccc2C)cc1. The molecule has 1 heterocycles. The summed E-state index contributed by atoms with van der Waals surface area (Å²) in [6.07, 6.45) is 7.47. The van der Waals surface area contributed by atoms with Crippen LogP contribution in [0.15, 0.2) is 42.5 Å². The number of anilines is 1. The van der Waals surface area contributed by atoms with Crippen molar-refractivity contribution in [2.24, 2.45) is 0 Å². The molecule has 1 atom stereocenters. The summed E-state index contributed by atoms with van der Waals surface area (Å²) in [5.41, 5.74) is 3.30. The molecule has 0 radical (unpaired) electrons. The van der Waals surface area contributed by atoms with Crippen LogP contribution in [0.2, 0.25) is 0 Å². The zero-order valence-electron chi connectivity index (χ0n) is 23.0. The Bertz CT molecular complexity index is 1120. The fourth-order valence-corrected chi connectivity index (χ4v) is 5.59. The molecule has 7 nitrogen and oxygen atoms in total. The van der Waals surface area contributed by atoms with Gasteiger partial charge >= 0.3 is 0 Å². The Balaban J connectivity index is 1.70. The van der Waals surface area contributed by atoms with Crippen molar-refractivity contribution in [2.45, 2.75) is 83.7 Å². The first-order valence-corrected chi connectivity index (χ1v) is 14.0. The highest BCUT2D eigenvalue weighted by Crippen LogP contribution is 2.33. The lowest BCUT2D eigenvalue weighted by molar-refractivity contribution is -0.132. The zero-order valence-corrected chi connectivity index (χ0v) is 23.0. The topological polar surface area (TPSA) is 79.0 Å². The van der Waals surface area contributed by atoms with Crippen molar-refractivity contribution < 1.29 is 19.1 Å². The van der Waals surface area contributed by atoms with E-state index in [1.54, 1.807) is 12.0 Å². The third kappa shape index (κ3) is 6.74. The molecule has 3 amide bonds. The van der Waals surface area contributed by atoms with Gasteiger partial charge in [0.05, 0.1) is 7.11 Å². The van der Waals surface area contributed by atoms with Crippen LogP contribution >= 0.6 is 0 Å². The van der Waals surface area contributed by atoms with E-state index in [2.05, 4.69) is 5.32 Å². The molecule has 0 spiro atoms. The van der Waals surface area contributed by atoms with Crippen LogP contribution in [0.3, 0.4) is 0 Å². The Morgan fingerprint density at radius 1 is 0.947 bits per heavy atom. The molecule has 4 rings (SSSR count). The lowest BCUT2D eigenvalue weighted by atomic mass is 9.94. The molecule has 7 heteroatoms. The molecule has 0 aromatic heterocycles. The van der Waals surface area contributed by atoms with Crippen molar-refractivity contribution in [3.63, 3.8) is 0 Å². The Kier molecular flexibility index (Phi) is 9.43. The molecule has 0 unspecified atom stereocenters. The number of nitrogens with one attached hydrogen (secondary N) is 1. The number of likely N-dealkylation sites (tertiary alicyclic amines) is 1. The summed E-state index contributed by atoms with van der Waals surface area (Å²) in [5.74, 6) is 0.262. The van der Waals surface area contributed by atoms with Gasteiger partial charge in [0, 0.05) is 37.7 Å². The Hall–Kier alpha value is -3.35. The first kappa shape index (κ1) is 27.7. The van der Waals surface area contributed by atoms with Gasteiger partial charge in [0.25, 0.3) is 0 Å². The molecule has 2 aromatic rings. The quantitative estimate of drug-likeness (QED) is 0.492. The van der Waals surface area contributed by atoms with Crippen LogP contribution in [0.1, 0.15) is 80.5 Å². The summed E-state index contributed by atoms with van der Waals surface area (Å²) in [4.78, 5) is 44.3. The highest BCUT2D eigenvalue weighted by atomic mass is 16.5. The van der Waals surface area contributed by atoms with E-state index in [0.717, 1.165) is 62.7 Å². The fraction of sp³-hybridized carbons (Fsp3) is 0.516. The van der Waals surface area contributed by atoms with Crippen LogP contribution in [0.4, 0.5) is 5.69 Å². The van der Waals surface area contributed by atoms with Crippen molar-refractivity contribution >= 4 is 23.4 Å². The van der Waals surface area contributed by atoms with Crippen molar-refractivity contribution in [1.29, 1.82) is 0 Å². The number of amides is 3. The second-order valence-corrected chi connectivity index (χ2v) is 10.7. The highest BCUT2D eigenvalue weighted by molar-refractivity contribution is 6.03. The van der Waals surface area contributed by atoms with Gasteiger partial charge in [-0.2, -0.15) is 0 Å². The van der Waals surface area contributed by atoms with E-state index < -0.39 is 6.04 Å². The number of carbonyl (C=O) groups excluding carboxylic acids is 3. The van der Waals surface area contributed by atoms with Crippen molar-refractivity contribution in [3.05, 3.63) is 59.2 Å². The predicted octanol–water partition coefficient (Wildman–Crippen LogP) is 5.24. The molecule has 0 bridgehead atoms. The van der Waals surface area contributed by atoms with Gasteiger partial charge < -0.3 is 15.0 Å². The molecule has 2 aliphatic rings. The molecule has 1 saturated carbocycles. The average Bonchev–Trinajstić information content (AvgIpc) is 3.48. The molecular formula is C31H41N3O4. The largest absolute Gasteiger partial charge is 0.497 e. The van der Waals surface area contributed by atoms with Gasteiger partial charge in [-0.25, -0.2) is 0 Å². The first-order valence-electron chi connectivity index (χ1n) is 14.0. The van der Waals surface area contributed by atoms with Crippen LogP contribution < -0.4 is 15.0 Å². The van der Waals surface area contributed by atoms with Crippen LogP contribution in [-0.4, -0.2) is 48.9 Å². The lowest BCUT2D eigenvalue weighted by Gasteiger charge is -2.34. The average molecular weight is 520 g/mol. The summed E-state index contributed by atoms with van der Waals surface area (Å²) in [5, 5.41) is 3.26. The van der Waals surface area contributed by atoms with E-state index in [1.165, 1.54) is 6.42 Å². The number of methoxy groups -OCH3 is 1. The lowest BCUT2D eigenvalue weighted by Crippen LogP contribution is -2.47. The number of hydrogen-bond acceptors (Lipinski definition) is 4. The Morgan fingerprint density at radius 2 is 1.63 bits per heavy atom. The summed E-state index contributed by atoms with van der Waals surface area (Å²) >= 11 is 0. The van der Waals surface area contributed by atoms with E-state index in [9.17, 15) is 14.4 Å². The normalized spacial score (nSPS) is 16.7. The van der Waals surface area contributed by atoms with Crippen molar-refractivity contribution in [1.82, 2.24) is 10.2 Å². The number of hydrogen-bond donors (Lipinski definition) is 1. The molecule has 1 aliphatic carbocycles. The van der Waals surface area contributed by atoms with Gasteiger partial charge in [0.15, 0.2) is 0 Å². The maximum atomic E-state index is 14.0. The molecule has 1 aliphatic heterocycles. The van der Waals surface area contributed by atoms with E-state index >= 15 is 0 Å². The minimum absolute atomic E-state index is 0.00409. The molecule has 1 saturated heterocycles. The summed E-state index contributed by atoms with van der Waals surface area (Å²) in [7, 11) is 1.60. The molecule has 38 heavy (non-hydrogen) atoms. The van der Waals surface area contributed by atoms with Crippen LogP contribution in [0.5, 0.6) is 5.75 Å². The summed E-state index contributed by atoms with van der Waals surface area (Å²) in [6.45, 7) is 5.44. The van der Waals surface area contributed by atoms with E-state index in [1.807, 2.05) is 61.2 Å². The minimum Gasteiger partial charge on any atom is -0.497 e. The number of ether oxygens (including phenoxy) is 1. The molecule has 204 valence electrons.